The fraction of sp³-hybridized carbons (Fsp3) is 0.923. The normalized spacial score (nSPS) is 30.2. The Balaban J connectivity index is 1.95. The Kier molecular flexibility index (Phi) is 5.15. The fourth-order valence-electron chi connectivity index (χ4n) is 2.71. The van der Waals surface area contributed by atoms with E-state index in [9.17, 15) is 9.90 Å². The number of hydrogen-bond donors (Lipinski definition) is 3. The highest BCUT2D eigenvalue weighted by Gasteiger charge is 2.39. The molecule has 0 radical (unpaired) electrons. The number of ether oxygens (including phenoxy) is 2. The van der Waals surface area contributed by atoms with Gasteiger partial charge in [0.05, 0.1) is 31.3 Å². The Hall–Kier alpha value is -0.690. The number of likely N-dealkylation sites (N-methyl/N-ethyl adjacent to an activating group) is 1. The van der Waals surface area contributed by atoms with E-state index in [0.717, 1.165) is 6.54 Å². The summed E-state index contributed by atoms with van der Waals surface area (Å²) in [6, 6.07) is 0.0700. The molecule has 2 atom stereocenters. The van der Waals surface area contributed by atoms with Gasteiger partial charge in [-0.15, -0.1) is 0 Å². The quantitative estimate of drug-likeness (QED) is 0.615. The summed E-state index contributed by atoms with van der Waals surface area (Å²) in [5.74, 6) is -0.203. The summed E-state index contributed by atoms with van der Waals surface area (Å²) in [6.07, 6.45) is 1.32. The van der Waals surface area contributed by atoms with Crippen molar-refractivity contribution >= 4 is 5.91 Å². The molecule has 2 saturated heterocycles. The van der Waals surface area contributed by atoms with Crippen molar-refractivity contribution in [1.29, 1.82) is 0 Å². The van der Waals surface area contributed by atoms with Gasteiger partial charge in [-0.05, 0) is 19.4 Å². The van der Waals surface area contributed by atoms with Crippen LogP contribution < -0.4 is 10.6 Å². The fourth-order valence-corrected chi connectivity index (χ4v) is 2.71. The van der Waals surface area contributed by atoms with E-state index in [1.807, 2.05) is 6.92 Å². The smallest absolute Gasteiger partial charge is 0.227 e. The van der Waals surface area contributed by atoms with Crippen LogP contribution in [0, 0.1) is 5.92 Å². The van der Waals surface area contributed by atoms with Crippen molar-refractivity contribution in [3.63, 3.8) is 0 Å². The summed E-state index contributed by atoms with van der Waals surface area (Å²) in [4.78, 5) is 12.4. The van der Waals surface area contributed by atoms with E-state index in [0.29, 0.717) is 39.3 Å². The first kappa shape index (κ1) is 14.7. The molecule has 0 bridgehead atoms. The molecule has 0 aromatic rings. The topological polar surface area (TPSA) is 79.8 Å². The standard InChI is InChI=1S/C13H24N2O4/c1-2-14-11-8-19-7-10(11)12(17)15-13(9-16)3-5-18-6-4-13/h10-11,14,16H,2-9H2,1H3,(H,15,17). The van der Waals surface area contributed by atoms with Gasteiger partial charge in [0.1, 0.15) is 0 Å². The van der Waals surface area contributed by atoms with Gasteiger partial charge in [0.2, 0.25) is 5.91 Å². The number of nitrogens with one attached hydrogen (secondary N) is 2. The lowest BCUT2D eigenvalue weighted by Crippen LogP contribution is -2.57. The first-order chi connectivity index (χ1) is 9.21. The second-order valence-corrected chi connectivity index (χ2v) is 5.35. The SMILES string of the molecule is CCNC1COCC1C(=O)NC1(CO)CCOCC1. The van der Waals surface area contributed by atoms with Crippen molar-refractivity contribution < 1.29 is 19.4 Å². The molecule has 6 nitrogen and oxygen atoms in total. The van der Waals surface area contributed by atoms with Gasteiger partial charge in [-0.3, -0.25) is 4.79 Å². The molecule has 0 aliphatic carbocycles. The molecule has 110 valence electrons. The molecule has 2 rings (SSSR count). The summed E-state index contributed by atoms with van der Waals surface area (Å²) in [5, 5.41) is 15.9. The molecular weight excluding hydrogens is 248 g/mol. The van der Waals surface area contributed by atoms with Crippen molar-refractivity contribution in [2.45, 2.75) is 31.3 Å². The summed E-state index contributed by atoms with van der Waals surface area (Å²) < 4.78 is 10.7. The molecule has 2 unspecified atom stereocenters. The van der Waals surface area contributed by atoms with E-state index < -0.39 is 5.54 Å². The van der Waals surface area contributed by atoms with E-state index in [1.54, 1.807) is 0 Å². The van der Waals surface area contributed by atoms with E-state index in [2.05, 4.69) is 10.6 Å². The number of aliphatic hydroxyl groups is 1. The number of carbonyl (C=O) groups is 1. The van der Waals surface area contributed by atoms with E-state index in [-0.39, 0.29) is 24.5 Å². The molecule has 19 heavy (non-hydrogen) atoms. The van der Waals surface area contributed by atoms with Crippen LogP contribution in [0.2, 0.25) is 0 Å². The van der Waals surface area contributed by atoms with Gasteiger partial charge >= 0.3 is 0 Å². The Labute approximate surface area is 113 Å². The molecule has 0 spiro atoms. The van der Waals surface area contributed by atoms with Crippen molar-refractivity contribution in [2.75, 3.05) is 39.6 Å². The largest absolute Gasteiger partial charge is 0.394 e. The van der Waals surface area contributed by atoms with Crippen LogP contribution in [-0.4, -0.2) is 62.2 Å². The monoisotopic (exact) mass is 272 g/mol. The predicted molar refractivity (Wildman–Crippen MR) is 69.8 cm³/mol. The molecule has 1 amide bonds. The highest BCUT2D eigenvalue weighted by Crippen LogP contribution is 2.22. The average molecular weight is 272 g/mol. The third kappa shape index (κ3) is 3.45. The third-order valence-corrected chi connectivity index (χ3v) is 4.02. The molecule has 3 N–H and O–H groups in total. The summed E-state index contributed by atoms with van der Waals surface area (Å²) in [6.45, 7) is 4.97. The van der Waals surface area contributed by atoms with Crippen molar-refractivity contribution in [3.05, 3.63) is 0 Å². The van der Waals surface area contributed by atoms with Crippen LogP contribution in [0.3, 0.4) is 0 Å². The average Bonchev–Trinajstić information content (AvgIpc) is 2.88. The number of aliphatic hydroxyl groups excluding tert-OH is 1. The number of carbonyl (C=O) groups excluding carboxylic acids is 1. The minimum Gasteiger partial charge on any atom is -0.394 e. The molecule has 2 aliphatic rings. The van der Waals surface area contributed by atoms with Gasteiger partial charge < -0.3 is 25.2 Å². The number of hydrogen-bond acceptors (Lipinski definition) is 5. The van der Waals surface area contributed by atoms with E-state index >= 15 is 0 Å². The van der Waals surface area contributed by atoms with Crippen LogP contribution in [0.15, 0.2) is 0 Å². The number of amides is 1. The summed E-state index contributed by atoms with van der Waals surface area (Å²) in [7, 11) is 0. The highest BCUT2D eigenvalue weighted by molar-refractivity contribution is 5.80. The van der Waals surface area contributed by atoms with Crippen LogP contribution >= 0.6 is 0 Å². The second-order valence-electron chi connectivity index (χ2n) is 5.35. The highest BCUT2D eigenvalue weighted by atomic mass is 16.5. The Morgan fingerprint density at radius 3 is 2.68 bits per heavy atom. The molecule has 2 aliphatic heterocycles. The lowest BCUT2D eigenvalue weighted by molar-refractivity contribution is -0.129. The zero-order chi connectivity index (χ0) is 13.7. The molecule has 0 aromatic carbocycles. The van der Waals surface area contributed by atoms with Gasteiger partial charge in [-0.25, -0.2) is 0 Å². The molecule has 2 fully saturated rings. The first-order valence-electron chi connectivity index (χ1n) is 7.02. The maximum Gasteiger partial charge on any atom is 0.227 e. The Morgan fingerprint density at radius 1 is 1.32 bits per heavy atom. The Morgan fingerprint density at radius 2 is 2.05 bits per heavy atom. The van der Waals surface area contributed by atoms with Crippen molar-refractivity contribution in [1.82, 2.24) is 10.6 Å². The maximum absolute atomic E-state index is 12.4. The van der Waals surface area contributed by atoms with Crippen molar-refractivity contribution in [3.8, 4) is 0 Å². The summed E-state index contributed by atoms with van der Waals surface area (Å²) >= 11 is 0. The van der Waals surface area contributed by atoms with Gasteiger partial charge in [0.15, 0.2) is 0 Å². The van der Waals surface area contributed by atoms with Crippen LogP contribution in [-0.2, 0) is 14.3 Å². The zero-order valence-corrected chi connectivity index (χ0v) is 11.5. The van der Waals surface area contributed by atoms with Gasteiger partial charge in [-0.1, -0.05) is 6.92 Å². The minimum atomic E-state index is -0.519. The molecule has 0 saturated carbocycles. The summed E-state index contributed by atoms with van der Waals surface area (Å²) in [5.41, 5.74) is -0.519. The molecule has 0 aromatic heterocycles. The zero-order valence-electron chi connectivity index (χ0n) is 11.5. The lowest BCUT2D eigenvalue weighted by Gasteiger charge is -2.37. The molecular formula is C13H24N2O4. The lowest BCUT2D eigenvalue weighted by atomic mass is 9.89. The molecule has 6 heteroatoms. The number of rotatable bonds is 5. The molecule has 2 heterocycles. The maximum atomic E-state index is 12.4. The van der Waals surface area contributed by atoms with Crippen LogP contribution in [0.4, 0.5) is 0 Å². The first-order valence-corrected chi connectivity index (χ1v) is 7.02. The van der Waals surface area contributed by atoms with E-state index in [1.165, 1.54) is 0 Å². The van der Waals surface area contributed by atoms with Crippen LogP contribution in [0.5, 0.6) is 0 Å². The Bertz CT molecular complexity index is 305. The van der Waals surface area contributed by atoms with Crippen LogP contribution in [0.1, 0.15) is 19.8 Å². The van der Waals surface area contributed by atoms with Gasteiger partial charge in [0.25, 0.3) is 0 Å². The predicted octanol–water partition coefficient (Wildman–Crippen LogP) is -0.731. The third-order valence-electron chi connectivity index (χ3n) is 4.02. The van der Waals surface area contributed by atoms with Crippen LogP contribution in [0.25, 0.3) is 0 Å². The minimum absolute atomic E-state index is 0.0283. The van der Waals surface area contributed by atoms with Crippen molar-refractivity contribution in [2.24, 2.45) is 5.92 Å². The van der Waals surface area contributed by atoms with Gasteiger partial charge in [0, 0.05) is 19.3 Å². The van der Waals surface area contributed by atoms with Gasteiger partial charge in [-0.2, -0.15) is 0 Å². The second kappa shape index (κ2) is 6.65. The van der Waals surface area contributed by atoms with E-state index in [4.69, 9.17) is 9.47 Å².